The largest absolute Gasteiger partial charge is 0.322 e. The zero-order valence-electron chi connectivity index (χ0n) is 13.4. The van der Waals surface area contributed by atoms with Gasteiger partial charge in [0, 0.05) is 12.1 Å². The smallest absolute Gasteiger partial charge is 0.255 e. The van der Waals surface area contributed by atoms with Crippen LogP contribution in [0.1, 0.15) is 35.5 Å². The van der Waals surface area contributed by atoms with Gasteiger partial charge in [-0.05, 0) is 42.1 Å². The lowest BCUT2D eigenvalue weighted by Crippen LogP contribution is -2.47. The number of fused-ring (bicyclic) bond motifs is 1. The van der Waals surface area contributed by atoms with Crippen molar-refractivity contribution < 1.29 is 9.59 Å². The Hall–Kier alpha value is -2.21. The van der Waals surface area contributed by atoms with Crippen LogP contribution in [-0.4, -0.2) is 27.1 Å². The van der Waals surface area contributed by atoms with E-state index in [2.05, 4.69) is 9.69 Å². The van der Waals surface area contributed by atoms with Gasteiger partial charge in [-0.3, -0.25) is 9.59 Å². The standard InChI is InChI=1S/C17H19N3O2S/c1-10(2)15(16(21)18-14-8-11(3)19-23-14)20-9-12-6-4-5-7-13(12)17(20)22/h4-8,10,15H,9H2,1-3H3,(H,18,21)/t15-/m1/s1. The molecule has 0 unspecified atom stereocenters. The third-order valence-electron chi connectivity index (χ3n) is 3.96. The van der Waals surface area contributed by atoms with Crippen molar-refractivity contribution in [3.05, 3.63) is 47.2 Å². The number of anilines is 1. The van der Waals surface area contributed by atoms with Crippen molar-refractivity contribution >= 4 is 28.3 Å². The molecule has 1 N–H and O–H groups in total. The van der Waals surface area contributed by atoms with Crippen LogP contribution < -0.4 is 5.32 Å². The lowest BCUT2D eigenvalue weighted by Gasteiger charge is -2.29. The van der Waals surface area contributed by atoms with Crippen molar-refractivity contribution in [2.45, 2.75) is 33.4 Å². The summed E-state index contributed by atoms with van der Waals surface area (Å²) in [7, 11) is 0. The van der Waals surface area contributed by atoms with E-state index in [0.717, 1.165) is 11.3 Å². The summed E-state index contributed by atoms with van der Waals surface area (Å²) < 4.78 is 4.17. The SMILES string of the molecule is Cc1cc(NC(=O)[C@@H](C(C)C)N2Cc3ccccc3C2=O)sn1. The summed E-state index contributed by atoms with van der Waals surface area (Å²) in [5, 5.41) is 3.60. The quantitative estimate of drug-likeness (QED) is 0.937. The van der Waals surface area contributed by atoms with Crippen LogP contribution in [0.3, 0.4) is 0 Å². The van der Waals surface area contributed by atoms with Gasteiger partial charge in [-0.25, -0.2) is 0 Å². The first-order valence-corrected chi connectivity index (χ1v) is 8.37. The molecule has 1 aromatic heterocycles. The summed E-state index contributed by atoms with van der Waals surface area (Å²) in [6.07, 6.45) is 0. The van der Waals surface area contributed by atoms with Gasteiger partial charge in [-0.1, -0.05) is 32.0 Å². The normalized spacial score (nSPS) is 15.0. The maximum absolute atomic E-state index is 12.7. The summed E-state index contributed by atoms with van der Waals surface area (Å²) in [6, 6.07) is 8.86. The monoisotopic (exact) mass is 329 g/mol. The zero-order valence-corrected chi connectivity index (χ0v) is 14.2. The average Bonchev–Trinajstić information content (AvgIpc) is 3.04. The first-order valence-electron chi connectivity index (χ1n) is 7.60. The minimum Gasteiger partial charge on any atom is -0.322 e. The number of nitrogens with zero attached hydrogens (tertiary/aromatic N) is 2. The van der Waals surface area contributed by atoms with E-state index in [1.807, 2.05) is 51.1 Å². The van der Waals surface area contributed by atoms with Crippen molar-refractivity contribution in [2.75, 3.05) is 5.32 Å². The minimum absolute atomic E-state index is 0.0160. The Balaban J connectivity index is 1.83. The number of carbonyl (C=O) groups excluding carboxylic acids is 2. The van der Waals surface area contributed by atoms with Crippen LogP contribution in [0.4, 0.5) is 5.00 Å². The Kier molecular flexibility index (Phi) is 4.17. The van der Waals surface area contributed by atoms with E-state index in [4.69, 9.17) is 0 Å². The number of amides is 2. The van der Waals surface area contributed by atoms with E-state index in [-0.39, 0.29) is 17.7 Å². The molecule has 120 valence electrons. The van der Waals surface area contributed by atoms with Crippen molar-refractivity contribution in [3.8, 4) is 0 Å². The number of nitrogens with one attached hydrogen (secondary N) is 1. The topological polar surface area (TPSA) is 62.3 Å². The van der Waals surface area contributed by atoms with Crippen LogP contribution in [0, 0.1) is 12.8 Å². The summed E-state index contributed by atoms with van der Waals surface area (Å²) in [6.45, 7) is 6.27. The molecule has 1 aliphatic heterocycles. The fourth-order valence-corrected chi connectivity index (χ4v) is 3.59. The van der Waals surface area contributed by atoms with Crippen molar-refractivity contribution in [1.82, 2.24) is 9.27 Å². The summed E-state index contributed by atoms with van der Waals surface area (Å²) in [5.74, 6) is -0.220. The molecule has 1 aliphatic rings. The molecule has 2 amide bonds. The van der Waals surface area contributed by atoms with Crippen LogP contribution in [0.2, 0.25) is 0 Å². The molecule has 1 aromatic carbocycles. The van der Waals surface area contributed by atoms with Gasteiger partial charge in [-0.2, -0.15) is 4.37 Å². The first kappa shape index (κ1) is 15.7. The van der Waals surface area contributed by atoms with E-state index in [0.29, 0.717) is 17.1 Å². The highest BCUT2D eigenvalue weighted by Crippen LogP contribution is 2.28. The molecule has 0 saturated heterocycles. The second kappa shape index (κ2) is 6.12. The summed E-state index contributed by atoms with van der Waals surface area (Å²) in [4.78, 5) is 27.0. The molecule has 3 rings (SSSR count). The van der Waals surface area contributed by atoms with Crippen molar-refractivity contribution in [2.24, 2.45) is 5.92 Å². The molecule has 0 radical (unpaired) electrons. The molecule has 0 spiro atoms. The van der Waals surface area contributed by atoms with Crippen LogP contribution >= 0.6 is 11.5 Å². The van der Waals surface area contributed by atoms with E-state index < -0.39 is 6.04 Å². The first-order chi connectivity index (χ1) is 11.0. The maximum Gasteiger partial charge on any atom is 0.255 e. The zero-order chi connectivity index (χ0) is 16.6. The maximum atomic E-state index is 12.7. The van der Waals surface area contributed by atoms with Crippen LogP contribution in [0.5, 0.6) is 0 Å². The summed E-state index contributed by atoms with van der Waals surface area (Å²) >= 11 is 1.25. The second-order valence-corrected chi connectivity index (χ2v) is 6.91. The average molecular weight is 329 g/mol. The van der Waals surface area contributed by atoms with E-state index in [1.54, 1.807) is 4.90 Å². The van der Waals surface area contributed by atoms with Gasteiger partial charge in [0.15, 0.2) is 0 Å². The van der Waals surface area contributed by atoms with E-state index in [9.17, 15) is 9.59 Å². The number of rotatable bonds is 4. The number of aryl methyl sites for hydroxylation is 1. The third kappa shape index (κ3) is 2.99. The molecular formula is C17H19N3O2S. The Bertz CT molecular complexity index is 754. The molecule has 5 nitrogen and oxygen atoms in total. The predicted molar refractivity (Wildman–Crippen MR) is 90.4 cm³/mol. The van der Waals surface area contributed by atoms with Gasteiger partial charge < -0.3 is 10.2 Å². The molecule has 1 atom stereocenters. The van der Waals surface area contributed by atoms with Gasteiger partial charge in [0.2, 0.25) is 5.91 Å². The molecule has 23 heavy (non-hydrogen) atoms. The number of aromatic nitrogens is 1. The second-order valence-electron chi connectivity index (χ2n) is 6.10. The molecule has 2 aromatic rings. The van der Waals surface area contributed by atoms with Crippen molar-refractivity contribution in [3.63, 3.8) is 0 Å². The molecule has 6 heteroatoms. The molecule has 0 bridgehead atoms. The van der Waals surface area contributed by atoms with Gasteiger partial charge >= 0.3 is 0 Å². The molecular weight excluding hydrogens is 310 g/mol. The number of carbonyl (C=O) groups is 2. The Morgan fingerprint density at radius 2 is 2.09 bits per heavy atom. The summed E-state index contributed by atoms with van der Waals surface area (Å²) in [5.41, 5.74) is 2.54. The molecule has 2 heterocycles. The Morgan fingerprint density at radius 1 is 1.35 bits per heavy atom. The van der Waals surface area contributed by atoms with Crippen molar-refractivity contribution in [1.29, 1.82) is 0 Å². The molecule has 0 saturated carbocycles. The van der Waals surface area contributed by atoms with E-state index in [1.165, 1.54) is 11.5 Å². The highest BCUT2D eigenvalue weighted by atomic mass is 32.1. The highest BCUT2D eigenvalue weighted by Gasteiger charge is 2.37. The van der Waals surface area contributed by atoms with Crippen LogP contribution in [0.15, 0.2) is 30.3 Å². The lowest BCUT2D eigenvalue weighted by molar-refractivity contribution is -0.121. The van der Waals surface area contributed by atoms with Gasteiger partial charge in [0.1, 0.15) is 11.0 Å². The Labute approximate surface area is 139 Å². The van der Waals surface area contributed by atoms with Gasteiger partial charge in [0.05, 0.1) is 5.69 Å². The fourth-order valence-electron chi connectivity index (χ4n) is 2.92. The minimum atomic E-state index is -0.502. The van der Waals surface area contributed by atoms with Gasteiger partial charge in [0.25, 0.3) is 5.91 Å². The third-order valence-corrected chi connectivity index (χ3v) is 4.76. The number of hydrogen-bond donors (Lipinski definition) is 1. The fraction of sp³-hybridized carbons (Fsp3) is 0.353. The number of benzene rings is 1. The molecule has 0 fully saturated rings. The lowest BCUT2D eigenvalue weighted by atomic mass is 10.0. The Morgan fingerprint density at radius 3 is 2.70 bits per heavy atom. The van der Waals surface area contributed by atoms with Gasteiger partial charge in [-0.15, -0.1) is 0 Å². The highest BCUT2D eigenvalue weighted by molar-refractivity contribution is 7.10. The predicted octanol–water partition coefficient (Wildman–Crippen LogP) is 3.07. The van der Waals surface area contributed by atoms with E-state index >= 15 is 0 Å². The number of hydrogen-bond acceptors (Lipinski definition) is 4. The molecule has 0 aliphatic carbocycles. The van der Waals surface area contributed by atoms with Crippen LogP contribution in [-0.2, 0) is 11.3 Å². The van der Waals surface area contributed by atoms with Crippen LogP contribution in [0.25, 0.3) is 0 Å².